The highest BCUT2D eigenvalue weighted by atomic mass is 16.6. The second-order valence-corrected chi connectivity index (χ2v) is 13.5. The van der Waals surface area contributed by atoms with Gasteiger partial charge < -0.3 is 19.7 Å². The molecule has 5 fully saturated rings. The van der Waals surface area contributed by atoms with E-state index in [0.29, 0.717) is 37.2 Å². The van der Waals surface area contributed by atoms with Crippen molar-refractivity contribution in [2.24, 2.45) is 45.8 Å². The molecule has 0 aromatic carbocycles. The summed E-state index contributed by atoms with van der Waals surface area (Å²) in [5, 5.41) is 23.0. The first-order valence-electron chi connectivity index (χ1n) is 13.9. The zero-order valence-corrected chi connectivity index (χ0v) is 21.8. The minimum Gasteiger partial charge on any atom is -0.461 e. The average molecular weight is 495 g/mol. The topological polar surface area (TPSA) is 93.1 Å². The number of aliphatic hydroxyl groups excluding tert-OH is 2. The monoisotopic (exact) mass is 494 g/mol. The highest BCUT2D eigenvalue weighted by Gasteiger charge is 2.77. The summed E-state index contributed by atoms with van der Waals surface area (Å²) in [7, 11) is 0. The second kappa shape index (κ2) is 6.93. The third-order valence-electron chi connectivity index (χ3n) is 12.2. The van der Waals surface area contributed by atoms with Crippen LogP contribution in [0.15, 0.2) is 34.9 Å². The van der Waals surface area contributed by atoms with Crippen LogP contribution in [0.3, 0.4) is 0 Å². The molecule has 2 unspecified atom stereocenters. The number of carbonyl (C=O) groups excluding carboxylic acids is 2. The first kappa shape index (κ1) is 23.2. The Hall–Kier alpha value is -1.92. The molecule has 0 aromatic rings. The Balaban J connectivity index is 1.36. The molecule has 0 amide bonds. The molecule has 0 radical (unpaired) electrons. The molecule has 7 aliphatic rings. The molecule has 2 bridgehead atoms. The third-order valence-corrected chi connectivity index (χ3v) is 12.2. The zero-order chi connectivity index (χ0) is 25.5. The summed E-state index contributed by atoms with van der Waals surface area (Å²) in [6.45, 7) is 12.6. The van der Waals surface area contributed by atoms with Crippen molar-refractivity contribution >= 4 is 11.9 Å². The fourth-order valence-corrected chi connectivity index (χ4v) is 10.4. The van der Waals surface area contributed by atoms with Crippen molar-refractivity contribution in [1.82, 2.24) is 0 Å². The van der Waals surface area contributed by atoms with Gasteiger partial charge in [0.25, 0.3) is 0 Å². The highest BCUT2D eigenvalue weighted by Crippen LogP contribution is 2.75. The molecule has 0 aromatic heterocycles. The number of aliphatic hydroxyl groups is 2. The highest BCUT2D eigenvalue weighted by molar-refractivity contribution is 5.91. The largest absolute Gasteiger partial charge is 0.461 e. The number of fused-ring (bicyclic) bond motifs is 6. The summed E-state index contributed by atoms with van der Waals surface area (Å²) >= 11 is 0. The van der Waals surface area contributed by atoms with Crippen LogP contribution in [0.2, 0.25) is 0 Å². The maximum Gasteiger partial charge on any atom is 0.334 e. The van der Waals surface area contributed by atoms with Crippen LogP contribution in [0.25, 0.3) is 0 Å². The van der Waals surface area contributed by atoms with E-state index in [1.54, 1.807) is 0 Å². The van der Waals surface area contributed by atoms with E-state index in [1.165, 1.54) is 11.1 Å². The van der Waals surface area contributed by atoms with Gasteiger partial charge in [-0.1, -0.05) is 50.1 Å². The molecule has 2 saturated heterocycles. The quantitative estimate of drug-likeness (QED) is 0.302. The van der Waals surface area contributed by atoms with Gasteiger partial charge in [-0.2, -0.15) is 0 Å². The second-order valence-electron chi connectivity index (χ2n) is 13.5. The summed E-state index contributed by atoms with van der Waals surface area (Å²) in [5.74, 6) is -0.501. The Morgan fingerprint density at radius 3 is 2.58 bits per heavy atom. The fourth-order valence-electron chi connectivity index (χ4n) is 10.4. The summed E-state index contributed by atoms with van der Waals surface area (Å²) in [4.78, 5) is 26.2. The van der Waals surface area contributed by atoms with Crippen LogP contribution in [0.5, 0.6) is 0 Å². The van der Waals surface area contributed by atoms with E-state index in [2.05, 4.69) is 40.3 Å². The van der Waals surface area contributed by atoms with Crippen molar-refractivity contribution in [2.75, 3.05) is 0 Å². The fraction of sp³-hybridized carbons (Fsp3) is 0.733. The molecule has 5 aliphatic carbocycles. The summed E-state index contributed by atoms with van der Waals surface area (Å²) < 4.78 is 11.9. The molecule has 2 heterocycles. The normalized spacial score (nSPS) is 55.0. The van der Waals surface area contributed by atoms with Crippen LogP contribution in [0.1, 0.15) is 66.2 Å². The van der Waals surface area contributed by atoms with Gasteiger partial charge in [0.2, 0.25) is 0 Å². The molecular weight excluding hydrogens is 456 g/mol. The van der Waals surface area contributed by atoms with E-state index in [1.807, 2.05) is 0 Å². The molecule has 36 heavy (non-hydrogen) atoms. The molecule has 7 rings (SSSR count). The molecule has 2 spiro atoms. The summed E-state index contributed by atoms with van der Waals surface area (Å²) in [6, 6.07) is 0. The van der Waals surface area contributed by atoms with Gasteiger partial charge >= 0.3 is 11.9 Å². The van der Waals surface area contributed by atoms with Gasteiger partial charge in [0.05, 0.1) is 17.6 Å². The van der Waals surface area contributed by atoms with Gasteiger partial charge in [0.15, 0.2) is 0 Å². The molecule has 2 N–H and O–H groups in total. The number of hydrogen-bond donors (Lipinski definition) is 2. The first-order chi connectivity index (χ1) is 17.0. The van der Waals surface area contributed by atoms with E-state index in [-0.39, 0.29) is 53.2 Å². The van der Waals surface area contributed by atoms with Crippen molar-refractivity contribution in [3.63, 3.8) is 0 Å². The minimum absolute atomic E-state index is 0.0549. The minimum atomic E-state index is -0.782. The molecule has 6 nitrogen and oxygen atoms in total. The predicted octanol–water partition coefficient (Wildman–Crippen LogP) is 3.87. The van der Waals surface area contributed by atoms with Crippen LogP contribution in [0, 0.1) is 45.8 Å². The van der Waals surface area contributed by atoms with Gasteiger partial charge in [-0.3, -0.25) is 4.79 Å². The van der Waals surface area contributed by atoms with E-state index in [0.717, 1.165) is 18.4 Å². The maximum atomic E-state index is 13.9. The van der Waals surface area contributed by atoms with Crippen LogP contribution in [0.4, 0.5) is 0 Å². The van der Waals surface area contributed by atoms with Crippen molar-refractivity contribution < 1.29 is 29.3 Å². The Morgan fingerprint density at radius 2 is 1.83 bits per heavy atom. The lowest BCUT2D eigenvalue weighted by Gasteiger charge is -2.50. The van der Waals surface area contributed by atoms with Crippen molar-refractivity contribution in [3.8, 4) is 0 Å². The zero-order valence-electron chi connectivity index (χ0n) is 21.8. The number of hydrogen-bond acceptors (Lipinski definition) is 6. The van der Waals surface area contributed by atoms with Crippen LogP contribution >= 0.6 is 0 Å². The molecule has 6 heteroatoms. The van der Waals surface area contributed by atoms with Crippen LogP contribution in [-0.2, 0) is 19.1 Å². The van der Waals surface area contributed by atoms with Gasteiger partial charge in [0.1, 0.15) is 12.2 Å². The number of esters is 2. The smallest absolute Gasteiger partial charge is 0.334 e. The van der Waals surface area contributed by atoms with Crippen molar-refractivity contribution in [3.05, 3.63) is 34.9 Å². The van der Waals surface area contributed by atoms with E-state index < -0.39 is 23.0 Å². The van der Waals surface area contributed by atoms with Gasteiger partial charge in [-0.05, 0) is 57.3 Å². The summed E-state index contributed by atoms with van der Waals surface area (Å²) in [6.07, 6.45) is 5.00. The molecule has 194 valence electrons. The standard InChI is InChI=1S/C30H38O6/c1-13-6-7-23(31)28(5)11-22-20(10-18(13)28)30(27(34)36-22)12-29-14(2)8-21-17(15(3)26(33)35-21)9-19(29)16(4)24(30)25(29)32/h10,13-14,17,20-25,31-32H,3,6-9,11-12H2,1-2,4-5H3/t13?,14-,17+,20-,21-,22+,23+,24-,25?,28+,29-,30-/m0/s1. The molecule has 12 atom stereocenters. The van der Waals surface area contributed by atoms with E-state index in [4.69, 9.17) is 9.47 Å². The lowest BCUT2D eigenvalue weighted by atomic mass is 9.53. The Kier molecular flexibility index (Phi) is 4.47. The first-order valence-corrected chi connectivity index (χ1v) is 13.9. The van der Waals surface area contributed by atoms with Crippen molar-refractivity contribution in [2.45, 2.75) is 90.6 Å². The van der Waals surface area contributed by atoms with Crippen LogP contribution < -0.4 is 0 Å². The van der Waals surface area contributed by atoms with Gasteiger partial charge in [-0.25, -0.2) is 4.79 Å². The predicted molar refractivity (Wildman–Crippen MR) is 131 cm³/mol. The van der Waals surface area contributed by atoms with E-state index >= 15 is 0 Å². The van der Waals surface area contributed by atoms with Crippen molar-refractivity contribution in [1.29, 1.82) is 0 Å². The number of rotatable bonds is 0. The SMILES string of the molecule is C=C1C(=O)O[C@H]2C[C@H](C)[C@@]34C[C@@]5(C(=O)O[C@@H]6C[C@]7(C)C(=C[C@@H]65)C(C)CC[C@H]7O)[C@@H](C(C)=C3C[C@H]12)C4O. The Morgan fingerprint density at radius 1 is 1.08 bits per heavy atom. The van der Waals surface area contributed by atoms with E-state index in [9.17, 15) is 19.8 Å². The lowest BCUT2D eigenvalue weighted by molar-refractivity contribution is -0.151. The lowest BCUT2D eigenvalue weighted by Crippen LogP contribution is -2.49. The average Bonchev–Trinajstić information content (AvgIpc) is 3.38. The van der Waals surface area contributed by atoms with Gasteiger partial charge in [-0.15, -0.1) is 0 Å². The number of ether oxygens (including phenoxy) is 2. The number of carbonyl (C=O) groups is 2. The summed E-state index contributed by atoms with van der Waals surface area (Å²) in [5.41, 5.74) is 2.46. The molecular formula is C30H38O6. The van der Waals surface area contributed by atoms with Crippen LogP contribution in [-0.4, -0.2) is 46.6 Å². The molecule has 2 aliphatic heterocycles. The Bertz CT molecular complexity index is 1170. The Labute approximate surface area is 212 Å². The van der Waals surface area contributed by atoms with Gasteiger partial charge in [0, 0.05) is 34.2 Å². The molecule has 3 saturated carbocycles. The third kappa shape index (κ3) is 2.38. The maximum absolute atomic E-state index is 13.9.